The van der Waals surface area contributed by atoms with Crippen molar-refractivity contribution in [2.45, 2.75) is 49.3 Å². The number of piperidine rings is 1. The third-order valence-electron chi connectivity index (χ3n) is 8.06. The number of hydrogen-bond donors (Lipinski definition) is 1. The van der Waals surface area contributed by atoms with Gasteiger partial charge in [0.1, 0.15) is 12.4 Å². The van der Waals surface area contributed by atoms with E-state index in [0.717, 1.165) is 24.2 Å². The van der Waals surface area contributed by atoms with Gasteiger partial charge in [-0.05, 0) is 41.2 Å². The zero-order chi connectivity index (χ0) is 24.2. The third-order valence-corrected chi connectivity index (χ3v) is 8.06. The summed E-state index contributed by atoms with van der Waals surface area (Å²) in [5, 5.41) is 11.5. The molecule has 3 aliphatic rings. The molecule has 180 valence electrons. The van der Waals surface area contributed by atoms with Gasteiger partial charge in [-0.1, -0.05) is 54.6 Å². The lowest BCUT2D eigenvalue weighted by molar-refractivity contribution is -0.0533. The van der Waals surface area contributed by atoms with Crippen molar-refractivity contribution in [3.63, 3.8) is 0 Å². The van der Waals surface area contributed by atoms with E-state index >= 15 is 0 Å². The van der Waals surface area contributed by atoms with Gasteiger partial charge in [0, 0.05) is 56.7 Å². The highest BCUT2D eigenvalue weighted by molar-refractivity contribution is 5.79. The van der Waals surface area contributed by atoms with E-state index in [1.165, 1.54) is 22.3 Å². The van der Waals surface area contributed by atoms with Crippen LogP contribution in [0.4, 0.5) is 10.6 Å². The number of aliphatic hydroxyl groups is 1. The fourth-order valence-corrected chi connectivity index (χ4v) is 6.35. The topological polar surface area (TPSA) is 65.9 Å². The molecule has 2 aromatic carbocycles. The number of hydrogen-bond acceptors (Lipinski definition) is 5. The Bertz CT molecular complexity index is 1200. The Hall–Kier alpha value is -3.38. The van der Waals surface area contributed by atoms with E-state index in [1.54, 1.807) is 6.20 Å². The average molecular weight is 470 g/mol. The fraction of sp³-hybridized carbons (Fsp3) is 0.379. The van der Waals surface area contributed by atoms with Crippen LogP contribution < -0.4 is 4.90 Å². The molecule has 3 heterocycles. The molecule has 35 heavy (non-hydrogen) atoms. The molecular formula is C29H31N3O3. The summed E-state index contributed by atoms with van der Waals surface area (Å²) < 4.78 is 5.96. The lowest BCUT2D eigenvalue weighted by Gasteiger charge is -2.43. The molecule has 6 nitrogen and oxygen atoms in total. The number of aromatic nitrogens is 1. The highest BCUT2D eigenvalue weighted by Gasteiger charge is 2.51. The quantitative estimate of drug-likeness (QED) is 0.588. The Morgan fingerprint density at radius 2 is 1.60 bits per heavy atom. The lowest BCUT2D eigenvalue weighted by Crippen LogP contribution is -2.52. The van der Waals surface area contributed by atoms with Gasteiger partial charge in [-0.2, -0.15) is 0 Å². The summed E-state index contributed by atoms with van der Waals surface area (Å²) >= 11 is 0. The van der Waals surface area contributed by atoms with Gasteiger partial charge in [0.05, 0.1) is 5.60 Å². The number of carbonyl (C=O) groups is 1. The van der Waals surface area contributed by atoms with Crippen LogP contribution in [0.3, 0.4) is 0 Å². The van der Waals surface area contributed by atoms with Gasteiger partial charge in [0.2, 0.25) is 0 Å². The molecule has 6 rings (SSSR count). The predicted molar refractivity (Wildman–Crippen MR) is 135 cm³/mol. The summed E-state index contributed by atoms with van der Waals surface area (Å²) in [6, 6.07) is 20.6. The van der Waals surface area contributed by atoms with E-state index in [9.17, 15) is 9.90 Å². The van der Waals surface area contributed by atoms with Crippen LogP contribution >= 0.6 is 0 Å². The molecule has 0 saturated carbocycles. The molecule has 2 unspecified atom stereocenters. The second-order valence-electron chi connectivity index (χ2n) is 10.3. The molecule has 1 amide bonds. The van der Waals surface area contributed by atoms with Crippen molar-refractivity contribution >= 4 is 11.9 Å². The summed E-state index contributed by atoms with van der Waals surface area (Å²) in [5.74, 6) is 0.906. The van der Waals surface area contributed by atoms with Crippen molar-refractivity contribution in [2.75, 3.05) is 25.6 Å². The molecule has 1 aliphatic carbocycles. The van der Waals surface area contributed by atoms with Crippen LogP contribution in [0, 0.1) is 0 Å². The number of fused-ring (bicyclic) bond motifs is 5. The first kappa shape index (κ1) is 22.1. The molecule has 1 aromatic heterocycles. The van der Waals surface area contributed by atoms with Crippen molar-refractivity contribution in [3.05, 3.63) is 83.6 Å². The van der Waals surface area contributed by atoms with E-state index in [0.29, 0.717) is 19.4 Å². The molecule has 2 atom stereocenters. The van der Waals surface area contributed by atoms with Gasteiger partial charge in [-0.15, -0.1) is 0 Å². The molecule has 2 bridgehead atoms. The van der Waals surface area contributed by atoms with Crippen LogP contribution in [0.25, 0.3) is 11.1 Å². The normalized spacial score (nSPS) is 24.7. The minimum absolute atomic E-state index is 0.0251. The molecule has 0 spiro atoms. The van der Waals surface area contributed by atoms with Crippen molar-refractivity contribution < 1.29 is 14.6 Å². The standard InChI is InChI=1S/C29H31N3O3/c1-31(2)27-14-11-19(17-30-27)29(34)15-20-12-13-21(16-29)32(20)28(33)35-18-26-24-9-5-3-7-22(24)23-8-4-6-10-25(23)26/h3-11,14,17,20-21,26,34H,12-13,15-16,18H2,1-2H3. The largest absolute Gasteiger partial charge is 0.448 e. The monoisotopic (exact) mass is 469 g/mol. The van der Waals surface area contributed by atoms with Crippen LogP contribution in [-0.4, -0.2) is 53.9 Å². The smallest absolute Gasteiger partial charge is 0.410 e. The van der Waals surface area contributed by atoms with Crippen molar-refractivity contribution in [3.8, 4) is 11.1 Å². The van der Waals surface area contributed by atoms with Crippen LogP contribution in [0.1, 0.15) is 48.3 Å². The van der Waals surface area contributed by atoms with Crippen LogP contribution in [0.2, 0.25) is 0 Å². The molecule has 2 saturated heterocycles. The molecular weight excluding hydrogens is 438 g/mol. The number of nitrogens with zero attached hydrogens (tertiary/aromatic N) is 3. The zero-order valence-electron chi connectivity index (χ0n) is 20.2. The number of rotatable bonds is 4. The molecule has 3 aromatic rings. The highest BCUT2D eigenvalue weighted by atomic mass is 16.6. The van der Waals surface area contributed by atoms with E-state index in [4.69, 9.17) is 4.74 Å². The molecule has 6 heteroatoms. The Balaban J connectivity index is 1.17. The maximum absolute atomic E-state index is 13.3. The Morgan fingerprint density at radius 1 is 1.00 bits per heavy atom. The van der Waals surface area contributed by atoms with Crippen LogP contribution in [-0.2, 0) is 10.3 Å². The number of ether oxygens (including phenoxy) is 1. The van der Waals surface area contributed by atoms with Crippen LogP contribution in [0.5, 0.6) is 0 Å². The second kappa shape index (κ2) is 8.38. The number of anilines is 1. The minimum Gasteiger partial charge on any atom is -0.448 e. The summed E-state index contributed by atoms with van der Waals surface area (Å²) in [6.45, 7) is 0.322. The molecule has 2 fully saturated rings. The fourth-order valence-electron chi connectivity index (χ4n) is 6.35. The molecule has 1 N–H and O–H groups in total. The molecule has 2 aliphatic heterocycles. The van der Waals surface area contributed by atoms with E-state index in [1.807, 2.05) is 48.2 Å². The summed E-state index contributed by atoms with van der Waals surface area (Å²) in [5.41, 5.74) is 4.73. The van der Waals surface area contributed by atoms with E-state index < -0.39 is 5.60 Å². The highest BCUT2D eigenvalue weighted by Crippen LogP contribution is 2.47. The zero-order valence-corrected chi connectivity index (χ0v) is 20.2. The van der Waals surface area contributed by atoms with Crippen molar-refractivity contribution in [1.82, 2.24) is 9.88 Å². The summed E-state index contributed by atoms with van der Waals surface area (Å²) in [6.07, 6.45) is 4.31. The van der Waals surface area contributed by atoms with Gasteiger partial charge >= 0.3 is 6.09 Å². The molecule has 0 radical (unpaired) electrons. The third kappa shape index (κ3) is 3.67. The number of benzene rings is 2. The van der Waals surface area contributed by atoms with Crippen molar-refractivity contribution in [1.29, 1.82) is 0 Å². The first-order valence-electron chi connectivity index (χ1n) is 12.4. The Kier molecular flexibility index (Phi) is 5.29. The van der Waals surface area contributed by atoms with E-state index in [-0.39, 0.29) is 24.1 Å². The SMILES string of the molecule is CN(C)c1ccc(C2(O)CC3CCC(C2)N3C(=O)OCC2c3ccccc3-c3ccccc32)cn1. The first-order valence-corrected chi connectivity index (χ1v) is 12.4. The maximum atomic E-state index is 13.3. The van der Waals surface area contributed by atoms with Crippen LogP contribution in [0.15, 0.2) is 66.9 Å². The predicted octanol–water partition coefficient (Wildman–Crippen LogP) is 4.91. The Labute approximate surface area is 206 Å². The maximum Gasteiger partial charge on any atom is 0.410 e. The average Bonchev–Trinajstić information content (AvgIpc) is 3.34. The van der Waals surface area contributed by atoms with Gasteiger partial charge in [-0.25, -0.2) is 9.78 Å². The first-order chi connectivity index (χ1) is 16.9. The summed E-state index contributed by atoms with van der Waals surface area (Å²) in [7, 11) is 3.90. The lowest BCUT2D eigenvalue weighted by atomic mass is 9.81. The van der Waals surface area contributed by atoms with E-state index in [2.05, 4.69) is 41.4 Å². The van der Waals surface area contributed by atoms with Gasteiger partial charge in [-0.3, -0.25) is 0 Å². The van der Waals surface area contributed by atoms with Gasteiger partial charge in [0.15, 0.2) is 0 Å². The van der Waals surface area contributed by atoms with Gasteiger partial charge in [0.25, 0.3) is 0 Å². The number of pyridine rings is 1. The van der Waals surface area contributed by atoms with Crippen molar-refractivity contribution in [2.24, 2.45) is 0 Å². The Morgan fingerprint density at radius 3 is 2.14 bits per heavy atom. The van der Waals surface area contributed by atoms with Gasteiger partial charge < -0.3 is 19.6 Å². The summed E-state index contributed by atoms with van der Waals surface area (Å²) in [4.78, 5) is 21.6. The minimum atomic E-state index is -0.968. The number of amides is 1. The second-order valence-corrected chi connectivity index (χ2v) is 10.3. The number of carbonyl (C=O) groups excluding carboxylic acids is 1.